The van der Waals surface area contributed by atoms with E-state index in [2.05, 4.69) is 5.32 Å². The quantitative estimate of drug-likeness (QED) is 0.777. The number of carbonyl (C=O) groups is 1. The van der Waals surface area contributed by atoms with Crippen LogP contribution in [-0.4, -0.2) is 42.7 Å². The molecule has 0 aromatic carbocycles. The van der Waals surface area contributed by atoms with Gasteiger partial charge in [0.25, 0.3) is 0 Å². The molecule has 3 nitrogen and oxygen atoms in total. The van der Waals surface area contributed by atoms with Crippen LogP contribution in [0.15, 0.2) is 0 Å². The van der Waals surface area contributed by atoms with Crippen molar-refractivity contribution in [1.29, 1.82) is 0 Å². The van der Waals surface area contributed by atoms with Crippen LogP contribution in [0, 0.1) is 0 Å². The minimum atomic E-state index is -4.25. The van der Waals surface area contributed by atoms with Gasteiger partial charge in [0, 0.05) is 13.6 Å². The maximum atomic E-state index is 12.4. The summed E-state index contributed by atoms with van der Waals surface area (Å²) in [4.78, 5) is 12.7. The van der Waals surface area contributed by atoms with Crippen molar-refractivity contribution in [1.82, 2.24) is 10.2 Å². The van der Waals surface area contributed by atoms with Gasteiger partial charge in [0.15, 0.2) is 0 Å². The van der Waals surface area contributed by atoms with Crippen LogP contribution in [0.3, 0.4) is 0 Å². The van der Waals surface area contributed by atoms with Crippen LogP contribution in [-0.2, 0) is 4.79 Å². The Bertz CT molecular complexity index is 248. The lowest BCUT2D eigenvalue weighted by atomic mass is 10.2. The number of likely N-dealkylation sites (N-methyl/N-ethyl adjacent to an activating group) is 1. The van der Waals surface area contributed by atoms with Crippen molar-refractivity contribution in [2.45, 2.75) is 31.5 Å². The Morgan fingerprint density at radius 1 is 1.47 bits per heavy atom. The van der Waals surface area contributed by atoms with Crippen molar-refractivity contribution >= 4 is 5.91 Å². The highest BCUT2D eigenvalue weighted by atomic mass is 19.4. The van der Waals surface area contributed by atoms with Gasteiger partial charge in [0.05, 0.1) is 6.54 Å². The molecule has 88 valence electrons. The molecule has 0 aliphatic heterocycles. The maximum absolute atomic E-state index is 12.4. The van der Waals surface area contributed by atoms with Crippen LogP contribution in [0.1, 0.15) is 19.8 Å². The first kappa shape index (κ1) is 12.3. The van der Waals surface area contributed by atoms with Gasteiger partial charge in [-0.2, -0.15) is 13.2 Å². The first-order valence-corrected chi connectivity index (χ1v) is 4.88. The molecular formula is C9H15F3N2O. The van der Waals surface area contributed by atoms with Crippen LogP contribution in [0.4, 0.5) is 13.2 Å². The van der Waals surface area contributed by atoms with Crippen molar-refractivity contribution in [3.8, 4) is 0 Å². The third kappa shape index (κ3) is 2.62. The molecule has 0 unspecified atom stereocenters. The number of hydrogen-bond donors (Lipinski definition) is 1. The van der Waals surface area contributed by atoms with E-state index in [0.29, 0.717) is 6.54 Å². The van der Waals surface area contributed by atoms with Gasteiger partial charge in [0.1, 0.15) is 5.54 Å². The van der Waals surface area contributed by atoms with Gasteiger partial charge in [0.2, 0.25) is 5.91 Å². The Morgan fingerprint density at radius 2 is 2.00 bits per heavy atom. The van der Waals surface area contributed by atoms with Gasteiger partial charge in [-0.15, -0.1) is 0 Å². The second-order valence-electron chi connectivity index (χ2n) is 3.84. The molecule has 0 aromatic rings. The van der Waals surface area contributed by atoms with Gasteiger partial charge < -0.3 is 4.90 Å². The molecule has 0 radical (unpaired) electrons. The molecule has 1 rings (SSSR count). The Balaban J connectivity index is 2.41. The summed E-state index contributed by atoms with van der Waals surface area (Å²) in [5.41, 5.74) is -1.79. The second-order valence-corrected chi connectivity index (χ2v) is 3.84. The van der Waals surface area contributed by atoms with E-state index in [1.807, 2.05) is 0 Å². The maximum Gasteiger partial charge on any atom is 0.406 e. The number of carbonyl (C=O) groups excluding carboxylic acids is 1. The number of nitrogens with zero attached hydrogens (tertiary/aromatic N) is 1. The van der Waals surface area contributed by atoms with E-state index in [-0.39, 0.29) is 25.3 Å². The van der Waals surface area contributed by atoms with Gasteiger partial charge in [-0.3, -0.25) is 10.1 Å². The molecule has 0 bridgehead atoms. The Kier molecular flexibility index (Phi) is 3.28. The summed E-state index contributed by atoms with van der Waals surface area (Å²) in [7, 11) is 1.57. The molecule has 0 spiro atoms. The average Bonchev–Trinajstić information content (AvgIpc) is 2.92. The first-order valence-electron chi connectivity index (χ1n) is 4.88. The number of nitrogens with one attached hydrogen (secondary N) is 1. The molecule has 0 saturated heterocycles. The van der Waals surface area contributed by atoms with Crippen molar-refractivity contribution in [2.24, 2.45) is 0 Å². The normalized spacial score (nSPS) is 18.7. The number of alkyl halides is 3. The predicted octanol–water partition coefficient (Wildman–Crippen LogP) is 1.15. The van der Waals surface area contributed by atoms with Gasteiger partial charge >= 0.3 is 6.18 Å². The molecule has 15 heavy (non-hydrogen) atoms. The summed E-state index contributed by atoms with van der Waals surface area (Å²) in [6.07, 6.45) is -4.11. The molecule has 0 atom stereocenters. The van der Waals surface area contributed by atoms with E-state index >= 15 is 0 Å². The van der Waals surface area contributed by atoms with Gasteiger partial charge in [-0.25, -0.2) is 0 Å². The summed E-state index contributed by atoms with van der Waals surface area (Å²) >= 11 is 0. The highest BCUT2D eigenvalue weighted by Gasteiger charge is 2.63. The van der Waals surface area contributed by atoms with E-state index < -0.39 is 11.7 Å². The van der Waals surface area contributed by atoms with E-state index in [9.17, 15) is 18.0 Å². The second kappa shape index (κ2) is 4.00. The molecular weight excluding hydrogens is 209 g/mol. The molecule has 1 aliphatic carbocycles. The number of halogens is 3. The fraction of sp³-hybridized carbons (Fsp3) is 0.889. The molecule has 1 amide bonds. The van der Waals surface area contributed by atoms with Crippen LogP contribution in [0.25, 0.3) is 0 Å². The average molecular weight is 224 g/mol. The van der Waals surface area contributed by atoms with Crippen LogP contribution in [0.5, 0.6) is 0 Å². The predicted molar refractivity (Wildman–Crippen MR) is 49.3 cm³/mol. The summed E-state index contributed by atoms with van der Waals surface area (Å²) in [6, 6.07) is 0. The number of rotatable bonds is 4. The Hall–Kier alpha value is -0.780. The van der Waals surface area contributed by atoms with Crippen molar-refractivity contribution in [3.63, 3.8) is 0 Å². The highest BCUT2D eigenvalue weighted by Crippen LogP contribution is 2.48. The van der Waals surface area contributed by atoms with Gasteiger partial charge in [-0.1, -0.05) is 0 Å². The van der Waals surface area contributed by atoms with Crippen molar-refractivity contribution in [3.05, 3.63) is 0 Å². The SMILES string of the molecule is CCN(C)C(=O)CNC1(C(F)(F)F)CC1. The molecule has 6 heteroatoms. The molecule has 1 saturated carbocycles. The summed E-state index contributed by atoms with van der Waals surface area (Å²) in [5, 5.41) is 2.31. The van der Waals surface area contributed by atoms with Gasteiger partial charge in [-0.05, 0) is 19.8 Å². The van der Waals surface area contributed by atoms with E-state index in [0.717, 1.165) is 0 Å². The molecule has 1 aliphatic rings. The first-order chi connectivity index (χ1) is 6.82. The third-order valence-electron chi connectivity index (χ3n) is 2.77. The molecule has 1 fully saturated rings. The monoisotopic (exact) mass is 224 g/mol. The zero-order valence-corrected chi connectivity index (χ0v) is 8.82. The topological polar surface area (TPSA) is 32.3 Å². The molecule has 0 heterocycles. The van der Waals surface area contributed by atoms with Crippen LogP contribution in [0.2, 0.25) is 0 Å². The fourth-order valence-electron chi connectivity index (χ4n) is 1.24. The van der Waals surface area contributed by atoms with Crippen LogP contribution < -0.4 is 5.32 Å². The lowest BCUT2D eigenvalue weighted by Gasteiger charge is -2.22. The largest absolute Gasteiger partial charge is 0.406 e. The summed E-state index contributed by atoms with van der Waals surface area (Å²) in [6.45, 7) is 2.03. The smallest absolute Gasteiger partial charge is 0.345 e. The third-order valence-corrected chi connectivity index (χ3v) is 2.77. The standard InChI is InChI=1S/C9H15F3N2O/c1-3-14(2)7(15)6-13-8(4-5-8)9(10,11)12/h13H,3-6H2,1-2H3. The van der Waals surface area contributed by atoms with Crippen molar-refractivity contribution in [2.75, 3.05) is 20.1 Å². The Labute approximate surface area is 86.6 Å². The van der Waals surface area contributed by atoms with Crippen molar-refractivity contribution < 1.29 is 18.0 Å². The molecule has 0 aromatic heterocycles. The highest BCUT2D eigenvalue weighted by molar-refractivity contribution is 5.78. The Morgan fingerprint density at radius 3 is 2.33 bits per heavy atom. The number of hydrogen-bond acceptors (Lipinski definition) is 2. The molecule has 1 N–H and O–H groups in total. The van der Waals surface area contributed by atoms with E-state index in [4.69, 9.17) is 0 Å². The van der Waals surface area contributed by atoms with E-state index in [1.165, 1.54) is 4.90 Å². The fourth-order valence-corrected chi connectivity index (χ4v) is 1.24. The van der Waals surface area contributed by atoms with E-state index in [1.54, 1.807) is 14.0 Å². The lowest BCUT2D eigenvalue weighted by Crippen LogP contribution is -2.49. The zero-order valence-electron chi connectivity index (χ0n) is 8.82. The number of amides is 1. The zero-order chi connectivity index (χ0) is 11.7. The summed E-state index contributed by atoms with van der Waals surface area (Å²) < 4.78 is 37.3. The lowest BCUT2D eigenvalue weighted by molar-refractivity contribution is -0.166. The summed E-state index contributed by atoms with van der Waals surface area (Å²) in [5.74, 6) is -0.312. The van der Waals surface area contributed by atoms with Crippen LogP contribution >= 0.6 is 0 Å². The minimum absolute atomic E-state index is 0.0691. The minimum Gasteiger partial charge on any atom is -0.345 e.